The van der Waals surface area contributed by atoms with Gasteiger partial charge in [0.25, 0.3) is 23.1 Å². The number of rotatable bonds is 11. The molecule has 1 heterocycles. The summed E-state index contributed by atoms with van der Waals surface area (Å²) >= 11 is -2.53. The first-order valence-electron chi connectivity index (χ1n) is 12.6. The van der Waals surface area contributed by atoms with Crippen LogP contribution in [0.1, 0.15) is 30.0 Å². The van der Waals surface area contributed by atoms with Gasteiger partial charge in [0.15, 0.2) is 12.4 Å². The van der Waals surface area contributed by atoms with E-state index in [1.807, 2.05) is 0 Å². The van der Waals surface area contributed by atoms with E-state index in [-0.39, 0.29) is 12.4 Å². The third-order valence-corrected chi connectivity index (χ3v) is 7.17. The summed E-state index contributed by atoms with van der Waals surface area (Å²) in [6, 6.07) is 17.5. The Morgan fingerprint density at radius 2 is 1.63 bits per heavy atom. The number of aliphatic carboxylic acids is 1. The second kappa shape index (κ2) is 12.2. The summed E-state index contributed by atoms with van der Waals surface area (Å²) in [5.41, 5.74) is 8.56. The number of carboxylic acids is 1. The Hall–Kier alpha value is -4.68. The Morgan fingerprint density at radius 3 is 2.17 bits per heavy atom. The van der Waals surface area contributed by atoms with Crippen LogP contribution in [0.25, 0.3) is 22.1 Å². The van der Waals surface area contributed by atoms with Gasteiger partial charge in [-0.1, -0.05) is 44.2 Å². The van der Waals surface area contributed by atoms with Crippen LogP contribution >= 0.6 is 0 Å². The summed E-state index contributed by atoms with van der Waals surface area (Å²) in [5, 5.41) is 13.0. The standard InChI is InChI=1S/C29H29N3O8S/c1-16(2)26(29(35)36)32(41(37)38)21-13-9-19(10-14-21)18-7-11-20(12-8-18)31-28(34)27-17(3)25-22(39-15-24(30)33)5-4-6-23(25)40-27/h4-14,16,26H,15H2,1-3H3,(H2,30,33)(H,31,34)(H,35,36)(H,37,38). The summed E-state index contributed by atoms with van der Waals surface area (Å²) in [7, 11) is 0. The summed E-state index contributed by atoms with van der Waals surface area (Å²) in [4.78, 5) is 35.9. The van der Waals surface area contributed by atoms with Crippen molar-refractivity contribution in [2.45, 2.75) is 26.8 Å². The van der Waals surface area contributed by atoms with E-state index in [1.54, 1.807) is 87.5 Å². The minimum absolute atomic E-state index is 0.0988. The lowest BCUT2D eigenvalue weighted by atomic mass is 10.0. The first-order valence-corrected chi connectivity index (χ1v) is 13.6. The van der Waals surface area contributed by atoms with Crippen LogP contribution in [0.4, 0.5) is 11.4 Å². The van der Waals surface area contributed by atoms with Crippen molar-refractivity contribution >= 4 is 51.4 Å². The molecular formula is C29H29N3O8S. The van der Waals surface area contributed by atoms with Crippen LogP contribution in [0.15, 0.2) is 71.1 Å². The summed E-state index contributed by atoms with van der Waals surface area (Å²) < 4.78 is 34.0. The number of amides is 2. The predicted molar refractivity (Wildman–Crippen MR) is 155 cm³/mol. The van der Waals surface area contributed by atoms with Gasteiger partial charge in [0.2, 0.25) is 0 Å². The first-order chi connectivity index (χ1) is 19.5. The number of aryl methyl sites for hydroxylation is 1. The van der Waals surface area contributed by atoms with Crippen LogP contribution in [-0.2, 0) is 20.9 Å². The zero-order valence-corrected chi connectivity index (χ0v) is 23.3. The van der Waals surface area contributed by atoms with Gasteiger partial charge in [0, 0.05) is 11.3 Å². The number of nitrogens with one attached hydrogen (secondary N) is 1. The molecule has 0 saturated heterocycles. The van der Waals surface area contributed by atoms with Crippen molar-refractivity contribution in [2.75, 3.05) is 16.2 Å². The highest BCUT2D eigenvalue weighted by molar-refractivity contribution is 7.80. The molecule has 0 aliphatic heterocycles. The van der Waals surface area contributed by atoms with Crippen LogP contribution < -0.4 is 20.1 Å². The fourth-order valence-electron chi connectivity index (χ4n) is 4.49. The molecule has 0 aliphatic rings. The second-order valence-corrected chi connectivity index (χ2v) is 10.5. The van der Waals surface area contributed by atoms with E-state index in [0.29, 0.717) is 33.7 Å². The molecule has 4 rings (SSSR count). The maximum atomic E-state index is 13.0. The van der Waals surface area contributed by atoms with E-state index >= 15 is 0 Å². The van der Waals surface area contributed by atoms with Crippen molar-refractivity contribution in [2.24, 2.45) is 11.7 Å². The molecule has 4 aromatic rings. The summed E-state index contributed by atoms with van der Waals surface area (Å²) in [5.74, 6) is -2.21. The summed E-state index contributed by atoms with van der Waals surface area (Å²) in [6.07, 6.45) is 0. The van der Waals surface area contributed by atoms with Gasteiger partial charge in [-0.25, -0.2) is 9.00 Å². The quantitative estimate of drug-likeness (QED) is 0.187. The van der Waals surface area contributed by atoms with Crippen LogP contribution in [0.3, 0.4) is 0 Å². The average Bonchev–Trinajstić information content (AvgIpc) is 3.27. The number of hydrogen-bond acceptors (Lipinski definition) is 6. The number of carbonyl (C=O) groups is 3. The van der Waals surface area contributed by atoms with E-state index in [0.717, 1.165) is 15.4 Å². The number of carbonyl (C=O) groups excluding carboxylic acids is 2. The Morgan fingerprint density at radius 1 is 1.02 bits per heavy atom. The van der Waals surface area contributed by atoms with Gasteiger partial charge in [-0.05, 0) is 60.4 Å². The Bertz CT molecular complexity index is 1610. The van der Waals surface area contributed by atoms with Crippen LogP contribution in [0.2, 0.25) is 0 Å². The highest BCUT2D eigenvalue weighted by Gasteiger charge is 2.32. The van der Waals surface area contributed by atoms with Crippen molar-refractivity contribution < 1.29 is 37.4 Å². The van der Waals surface area contributed by atoms with Gasteiger partial charge >= 0.3 is 5.97 Å². The zero-order chi connectivity index (χ0) is 29.8. The molecule has 41 heavy (non-hydrogen) atoms. The normalized spacial score (nSPS) is 12.6. The van der Waals surface area contributed by atoms with Gasteiger partial charge < -0.3 is 25.3 Å². The van der Waals surface area contributed by atoms with E-state index < -0.39 is 41.0 Å². The lowest BCUT2D eigenvalue weighted by Gasteiger charge is -2.29. The molecular weight excluding hydrogens is 550 g/mol. The van der Waals surface area contributed by atoms with Crippen LogP contribution in [0.5, 0.6) is 5.75 Å². The predicted octanol–water partition coefficient (Wildman–Crippen LogP) is 4.58. The molecule has 12 heteroatoms. The number of anilines is 2. The SMILES string of the molecule is Cc1c(C(=O)Nc2ccc(-c3ccc(N(C(C(=O)O)C(C)C)S(=O)O)cc3)cc2)oc2cccc(OCC(N)=O)c12. The van der Waals surface area contributed by atoms with E-state index in [9.17, 15) is 28.3 Å². The maximum absolute atomic E-state index is 13.0. The average molecular weight is 580 g/mol. The van der Waals surface area contributed by atoms with E-state index in [4.69, 9.17) is 14.9 Å². The number of ether oxygens (including phenoxy) is 1. The molecule has 214 valence electrons. The van der Waals surface area contributed by atoms with Crippen molar-refractivity contribution in [3.63, 3.8) is 0 Å². The Labute approximate surface area is 238 Å². The minimum atomic E-state index is -2.53. The van der Waals surface area contributed by atoms with Crippen molar-refractivity contribution in [1.82, 2.24) is 0 Å². The van der Waals surface area contributed by atoms with Gasteiger partial charge in [-0.2, -0.15) is 0 Å². The van der Waals surface area contributed by atoms with E-state index in [1.165, 1.54) is 0 Å². The molecule has 2 unspecified atom stereocenters. The number of benzene rings is 3. The smallest absolute Gasteiger partial charge is 0.327 e. The van der Waals surface area contributed by atoms with Gasteiger partial charge in [-0.15, -0.1) is 0 Å². The van der Waals surface area contributed by atoms with Crippen molar-refractivity contribution in [3.05, 3.63) is 78.1 Å². The molecule has 1 aromatic heterocycles. The van der Waals surface area contributed by atoms with Crippen LogP contribution in [-0.4, -0.2) is 44.3 Å². The molecule has 2 amide bonds. The summed E-state index contributed by atoms with van der Waals surface area (Å²) in [6.45, 7) is 4.75. The number of nitrogens with zero attached hydrogens (tertiary/aromatic N) is 1. The number of fused-ring (bicyclic) bond motifs is 1. The van der Waals surface area contributed by atoms with Crippen LogP contribution in [0, 0.1) is 12.8 Å². The third-order valence-electron chi connectivity index (χ3n) is 6.40. The third kappa shape index (κ3) is 6.39. The number of primary amides is 1. The van der Waals surface area contributed by atoms with E-state index in [2.05, 4.69) is 5.32 Å². The zero-order valence-electron chi connectivity index (χ0n) is 22.5. The fraction of sp³-hybridized carbons (Fsp3) is 0.207. The molecule has 11 nitrogen and oxygen atoms in total. The van der Waals surface area contributed by atoms with Gasteiger partial charge in [0.05, 0.1) is 11.1 Å². The number of nitrogens with two attached hydrogens (primary N) is 1. The van der Waals surface area contributed by atoms with Gasteiger partial charge in [-0.3, -0.25) is 18.4 Å². The Balaban J connectivity index is 1.51. The number of hydrogen-bond donors (Lipinski definition) is 4. The molecule has 0 bridgehead atoms. The number of furan rings is 1. The monoisotopic (exact) mass is 579 g/mol. The minimum Gasteiger partial charge on any atom is -0.483 e. The maximum Gasteiger partial charge on any atom is 0.327 e. The first kappa shape index (κ1) is 29.3. The Kier molecular flexibility index (Phi) is 8.74. The molecule has 0 radical (unpaired) electrons. The van der Waals surface area contributed by atoms with Crippen molar-refractivity contribution in [3.8, 4) is 16.9 Å². The molecule has 5 N–H and O–H groups in total. The molecule has 0 fully saturated rings. The van der Waals surface area contributed by atoms with Crippen molar-refractivity contribution in [1.29, 1.82) is 0 Å². The molecule has 3 aromatic carbocycles. The molecule has 2 atom stereocenters. The lowest BCUT2D eigenvalue weighted by Crippen LogP contribution is -2.45. The largest absolute Gasteiger partial charge is 0.483 e. The molecule has 0 spiro atoms. The second-order valence-electron chi connectivity index (χ2n) is 9.60. The number of carboxylic acid groups (broad SMARTS) is 1. The lowest BCUT2D eigenvalue weighted by molar-refractivity contribution is -0.139. The van der Waals surface area contributed by atoms with Gasteiger partial charge in [0.1, 0.15) is 17.4 Å². The highest BCUT2D eigenvalue weighted by atomic mass is 32.2. The highest BCUT2D eigenvalue weighted by Crippen LogP contribution is 2.34. The molecule has 0 aliphatic carbocycles. The molecule has 0 saturated carbocycles. The fourth-order valence-corrected chi connectivity index (χ4v) is 5.32. The topological polar surface area (TPSA) is 172 Å².